The molecule has 1 aromatic rings. The monoisotopic (exact) mass is 410 g/mol. The maximum atomic E-state index is 9.14. The Morgan fingerprint density at radius 1 is 1.33 bits per heavy atom. The molecule has 0 aliphatic carbocycles. The molecule has 0 aliphatic rings. The van der Waals surface area contributed by atoms with Gasteiger partial charge in [-0.3, -0.25) is 0 Å². The van der Waals surface area contributed by atoms with Gasteiger partial charge >= 0.3 is 141 Å². The van der Waals surface area contributed by atoms with Crippen LogP contribution in [0.1, 0.15) is 44.6 Å². The zero-order chi connectivity index (χ0) is 16.1. The van der Waals surface area contributed by atoms with Gasteiger partial charge in [0.1, 0.15) is 0 Å². The first-order chi connectivity index (χ1) is 9.69. The fraction of sp³-hybridized carbons (Fsp3) is 0.625. The van der Waals surface area contributed by atoms with Crippen LogP contribution in [-0.4, -0.2) is 34.4 Å². The van der Waals surface area contributed by atoms with Gasteiger partial charge < -0.3 is 0 Å². The van der Waals surface area contributed by atoms with E-state index >= 15 is 0 Å². The van der Waals surface area contributed by atoms with E-state index in [4.69, 9.17) is 9.69 Å². The first kappa shape index (κ1) is 18.7. The normalized spacial score (nSPS) is 12.2. The minimum absolute atomic E-state index is 0.206. The zero-order valence-electron chi connectivity index (χ0n) is 14.1. The molecule has 0 N–H and O–H groups in total. The molecule has 0 bridgehead atoms. The summed E-state index contributed by atoms with van der Waals surface area (Å²) in [6.45, 7) is 14.1. The van der Waals surface area contributed by atoms with Gasteiger partial charge in [0.2, 0.25) is 0 Å². The van der Waals surface area contributed by atoms with Crippen LogP contribution in [0.3, 0.4) is 0 Å². The van der Waals surface area contributed by atoms with Gasteiger partial charge in [0, 0.05) is 0 Å². The van der Waals surface area contributed by atoms with E-state index in [9.17, 15) is 0 Å². The van der Waals surface area contributed by atoms with Crippen LogP contribution in [-0.2, 0) is 15.5 Å². The van der Waals surface area contributed by atoms with Crippen molar-refractivity contribution in [1.82, 2.24) is 4.98 Å². The molecule has 0 saturated heterocycles. The standard InChI is InChI=1S/C14H21N2OSi.C2H5.Sn/c1-11-7-12(8-13(9-15)16-11)10-17-18(5,6)14(2,3)4;1-2;/h7-8H,1,10H2,2-6H3;1H2,2H3;. The third-order valence-corrected chi connectivity index (χ3v) is 11.7. The van der Waals surface area contributed by atoms with Crippen LogP contribution in [0, 0.1) is 11.3 Å². The summed E-state index contributed by atoms with van der Waals surface area (Å²) in [7, 11) is -1.75. The first-order valence-corrected chi connectivity index (χ1v) is 14.4. The predicted octanol–water partition coefficient (Wildman–Crippen LogP) is 4.12. The molecule has 0 fully saturated rings. The Hall–Kier alpha value is -0.384. The summed E-state index contributed by atoms with van der Waals surface area (Å²) in [6, 6.07) is 6.17. The van der Waals surface area contributed by atoms with Crippen LogP contribution in [0.2, 0.25) is 22.6 Å². The van der Waals surface area contributed by atoms with E-state index < -0.39 is 8.32 Å². The molecule has 0 saturated carbocycles. The number of pyridine rings is 1. The van der Waals surface area contributed by atoms with E-state index in [2.05, 4.69) is 57.9 Å². The van der Waals surface area contributed by atoms with Crippen LogP contribution < -0.4 is 0 Å². The molecule has 1 heterocycles. The van der Waals surface area contributed by atoms with Crippen LogP contribution >= 0.6 is 0 Å². The number of hydrogen-bond donors (Lipinski definition) is 0. The fourth-order valence-corrected chi connectivity index (χ4v) is 4.54. The van der Waals surface area contributed by atoms with E-state index in [1.807, 2.05) is 6.07 Å². The molecular formula is C16H26N2OSiSn. The summed E-state index contributed by atoms with van der Waals surface area (Å²) in [5.41, 5.74) is 2.70. The first-order valence-electron chi connectivity index (χ1n) is 7.44. The van der Waals surface area contributed by atoms with Gasteiger partial charge in [-0.1, -0.05) is 0 Å². The Morgan fingerprint density at radius 3 is 2.52 bits per heavy atom. The Morgan fingerprint density at radius 2 is 2.00 bits per heavy atom. The van der Waals surface area contributed by atoms with Crippen molar-refractivity contribution >= 4 is 29.5 Å². The molecule has 2 radical (unpaired) electrons. The summed E-state index contributed by atoms with van der Waals surface area (Å²) >= 11 is -0.350. The average molecular weight is 409 g/mol. The van der Waals surface area contributed by atoms with Crippen LogP contribution in [0.15, 0.2) is 12.1 Å². The van der Waals surface area contributed by atoms with E-state index in [-0.39, 0.29) is 26.2 Å². The van der Waals surface area contributed by atoms with Crippen molar-refractivity contribution in [3.8, 4) is 6.07 Å². The molecule has 0 unspecified atom stereocenters. The SMILES string of the molecule is C[CH2][Sn][CH2]c1cc(CO[Si](C)(C)C(C)(C)C)cc(C#N)n1. The number of nitrogens with zero attached hydrogens (tertiary/aromatic N) is 2. The van der Waals surface area contributed by atoms with Crippen molar-refractivity contribution < 1.29 is 4.43 Å². The number of hydrogen-bond acceptors (Lipinski definition) is 3. The summed E-state index contributed by atoms with van der Waals surface area (Å²) in [4.78, 5) is 4.42. The topological polar surface area (TPSA) is 45.9 Å². The van der Waals surface area contributed by atoms with Crippen molar-refractivity contribution in [2.45, 2.75) is 61.3 Å². The van der Waals surface area contributed by atoms with E-state index in [0.717, 1.165) is 15.7 Å². The molecule has 5 heteroatoms. The van der Waals surface area contributed by atoms with Crippen molar-refractivity contribution in [3.63, 3.8) is 0 Å². The zero-order valence-corrected chi connectivity index (χ0v) is 17.9. The molecular weight excluding hydrogens is 383 g/mol. The molecule has 0 aromatic carbocycles. The molecule has 1 aromatic heterocycles. The summed E-state index contributed by atoms with van der Waals surface area (Å²) in [6.07, 6.45) is 0. The van der Waals surface area contributed by atoms with E-state index in [1.54, 1.807) is 0 Å². The van der Waals surface area contributed by atoms with Crippen LogP contribution in [0.4, 0.5) is 0 Å². The Bertz CT molecular complexity index is 518. The van der Waals surface area contributed by atoms with Gasteiger partial charge in [-0.2, -0.15) is 0 Å². The molecule has 0 aliphatic heterocycles. The molecule has 1 rings (SSSR count). The fourth-order valence-electron chi connectivity index (χ4n) is 1.62. The van der Waals surface area contributed by atoms with E-state index in [0.29, 0.717) is 12.3 Å². The third-order valence-electron chi connectivity index (χ3n) is 4.01. The van der Waals surface area contributed by atoms with Crippen molar-refractivity contribution in [2.75, 3.05) is 0 Å². The number of nitriles is 1. The molecule has 21 heavy (non-hydrogen) atoms. The van der Waals surface area contributed by atoms with Crippen molar-refractivity contribution in [3.05, 3.63) is 29.1 Å². The van der Waals surface area contributed by atoms with Gasteiger partial charge in [-0.05, 0) is 0 Å². The minimum atomic E-state index is -1.75. The quantitative estimate of drug-likeness (QED) is 0.665. The van der Waals surface area contributed by atoms with Crippen molar-refractivity contribution in [1.29, 1.82) is 5.26 Å². The molecule has 0 amide bonds. The van der Waals surface area contributed by atoms with Crippen molar-refractivity contribution in [2.24, 2.45) is 0 Å². The second-order valence-corrected chi connectivity index (χ2v) is 16.1. The summed E-state index contributed by atoms with van der Waals surface area (Å²) in [5, 5.41) is 9.34. The molecule has 0 spiro atoms. The Labute approximate surface area is 140 Å². The van der Waals surface area contributed by atoms with Gasteiger partial charge in [-0.25, -0.2) is 0 Å². The van der Waals surface area contributed by atoms with Gasteiger partial charge in [-0.15, -0.1) is 0 Å². The average Bonchev–Trinajstić information content (AvgIpc) is 2.41. The maximum absolute atomic E-state index is 9.14. The molecule has 0 atom stereocenters. The second-order valence-electron chi connectivity index (χ2n) is 6.79. The number of rotatable bonds is 6. The van der Waals surface area contributed by atoms with Crippen LogP contribution in [0.5, 0.6) is 0 Å². The van der Waals surface area contributed by atoms with Crippen LogP contribution in [0.25, 0.3) is 0 Å². The summed E-state index contributed by atoms with van der Waals surface area (Å²) in [5.74, 6) is 0. The Balaban J connectivity index is 2.86. The number of aromatic nitrogens is 1. The molecule has 3 nitrogen and oxygen atoms in total. The second kappa shape index (κ2) is 7.75. The van der Waals surface area contributed by atoms with Gasteiger partial charge in [0.05, 0.1) is 0 Å². The Kier molecular flexibility index (Phi) is 6.89. The summed E-state index contributed by atoms with van der Waals surface area (Å²) < 4.78 is 8.66. The van der Waals surface area contributed by atoms with E-state index in [1.165, 1.54) is 4.44 Å². The predicted molar refractivity (Wildman–Crippen MR) is 90.9 cm³/mol. The van der Waals surface area contributed by atoms with Gasteiger partial charge in [0.25, 0.3) is 0 Å². The molecule has 114 valence electrons. The third kappa shape index (κ3) is 5.72. The van der Waals surface area contributed by atoms with Gasteiger partial charge in [0.15, 0.2) is 0 Å².